The van der Waals surface area contributed by atoms with Crippen molar-refractivity contribution in [3.63, 3.8) is 0 Å². The summed E-state index contributed by atoms with van der Waals surface area (Å²) in [4.78, 5) is 0. The van der Waals surface area contributed by atoms with Crippen molar-refractivity contribution in [3.05, 3.63) is 64.1 Å². The molecular weight excluding hydrogens is 326 g/mol. The predicted molar refractivity (Wildman–Crippen MR) is 91.6 cm³/mol. The Kier molecular flexibility index (Phi) is 5.83. The lowest BCUT2D eigenvalue weighted by molar-refractivity contribution is 0.224. The van der Waals surface area contributed by atoms with Crippen LogP contribution in [0.5, 0.6) is 5.75 Å². The van der Waals surface area contributed by atoms with Crippen LogP contribution in [0.1, 0.15) is 37.5 Å². The zero-order valence-corrected chi connectivity index (χ0v) is 14.1. The normalized spacial score (nSPS) is 13.7. The van der Waals surface area contributed by atoms with Crippen LogP contribution in [0.2, 0.25) is 0 Å². The van der Waals surface area contributed by atoms with E-state index < -0.39 is 0 Å². The lowest BCUT2D eigenvalue weighted by atomic mass is 10.0. The van der Waals surface area contributed by atoms with Crippen molar-refractivity contribution in [1.82, 2.24) is 0 Å². The monoisotopic (exact) mass is 347 g/mol. The smallest absolute Gasteiger partial charge is 0.123 e. The Hall–Kier alpha value is -1.32. The summed E-state index contributed by atoms with van der Waals surface area (Å²) in [5.41, 5.74) is 8.42. The molecule has 2 N–H and O–H groups in total. The lowest BCUT2D eigenvalue weighted by Crippen LogP contribution is -2.22. The van der Waals surface area contributed by atoms with E-state index in [4.69, 9.17) is 10.5 Å². The number of nitrogens with two attached hydrogens (primary N) is 1. The minimum atomic E-state index is 0.0176. The fourth-order valence-electron chi connectivity index (χ4n) is 2.23. The highest BCUT2D eigenvalue weighted by Gasteiger charge is 2.12. The SMILES string of the molecule is CCC(N)Cc1cc(Br)ccc1OC(C)c1ccccc1. The summed E-state index contributed by atoms with van der Waals surface area (Å²) >= 11 is 3.52. The molecular formula is C18H22BrNO. The molecule has 2 nitrogen and oxygen atoms in total. The molecule has 0 aromatic heterocycles. The maximum Gasteiger partial charge on any atom is 0.123 e. The highest BCUT2D eigenvalue weighted by Crippen LogP contribution is 2.29. The summed E-state index contributed by atoms with van der Waals surface area (Å²) in [7, 11) is 0. The first-order valence-corrected chi connectivity index (χ1v) is 8.15. The lowest BCUT2D eigenvalue weighted by Gasteiger charge is -2.19. The van der Waals surface area contributed by atoms with Gasteiger partial charge in [-0.15, -0.1) is 0 Å². The number of rotatable bonds is 6. The van der Waals surface area contributed by atoms with Crippen molar-refractivity contribution < 1.29 is 4.74 Å². The van der Waals surface area contributed by atoms with Crippen molar-refractivity contribution in [2.75, 3.05) is 0 Å². The molecule has 2 unspecified atom stereocenters. The van der Waals surface area contributed by atoms with Crippen molar-refractivity contribution in [2.24, 2.45) is 5.73 Å². The van der Waals surface area contributed by atoms with Crippen LogP contribution in [-0.4, -0.2) is 6.04 Å². The summed E-state index contributed by atoms with van der Waals surface area (Å²) < 4.78 is 7.21. The maximum absolute atomic E-state index is 6.16. The predicted octanol–water partition coefficient (Wildman–Crippen LogP) is 4.87. The van der Waals surface area contributed by atoms with Crippen LogP contribution < -0.4 is 10.5 Å². The molecule has 112 valence electrons. The Balaban J connectivity index is 2.19. The second kappa shape index (κ2) is 7.62. The van der Waals surface area contributed by atoms with Gasteiger partial charge in [0.15, 0.2) is 0 Å². The van der Waals surface area contributed by atoms with Crippen LogP contribution in [0.4, 0.5) is 0 Å². The molecule has 0 heterocycles. The zero-order valence-electron chi connectivity index (χ0n) is 12.6. The van der Waals surface area contributed by atoms with Crippen LogP contribution in [0.3, 0.4) is 0 Å². The molecule has 0 bridgehead atoms. The molecule has 0 fully saturated rings. The molecule has 0 aliphatic heterocycles. The van der Waals surface area contributed by atoms with Crippen LogP contribution in [0, 0.1) is 0 Å². The van der Waals surface area contributed by atoms with Gasteiger partial charge in [-0.1, -0.05) is 53.2 Å². The van der Waals surface area contributed by atoms with E-state index in [1.165, 1.54) is 5.56 Å². The van der Waals surface area contributed by atoms with Gasteiger partial charge in [-0.05, 0) is 49.1 Å². The minimum absolute atomic E-state index is 0.0176. The van der Waals surface area contributed by atoms with E-state index in [1.54, 1.807) is 0 Å². The summed E-state index contributed by atoms with van der Waals surface area (Å²) in [5.74, 6) is 0.915. The fraction of sp³-hybridized carbons (Fsp3) is 0.333. The second-order valence-corrected chi connectivity index (χ2v) is 6.21. The number of hydrogen-bond donors (Lipinski definition) is 1. The molecule has 0 saturated carbocycles. The molecule has 2 aromatic rings. The van der Waals surface area contributed by atoms with E-state index in [-0.39, 0.29) is 12.1 Å². The first-order chi connectivity index (χ1) is 10.1. The molecule has 0 saturated heterocycles. The van der Waals surface area contributed by atoms with E-state index in [0.29, 0.717) is 0 Å². The third-order valence-electron chi connectivity index (χ3n) is 3.60. The maximum atomic E-state index is 6.16. The standard InChI is InChI=1S/C18H22BrNO/c1-3-17(20)12-15-11-16(19)9-10-18(15)21-13(2)14-7-5-4-6-8-14/h4-11,13,17H,3,12,20H2,1-2H3. The quantitative estimate of drug-likeness (QED) is 0.808. The van der Waals surface area contributed by atoms with Gasteiger partial charge in [-0.2, -0.15) is 0 Å². The van der Waals surface area contributed by atoms with Gasteiger partial charge in [0, 0.05) is 10.5 Å². The average molecular weight is 348 g/mol. The largest absolute Gasteiger partial charge is 0.486 e. The van der Waals surface area contributed by atoms with E-state index in [2.05, 4.69) is 48.0 Å². The van der Waals surface area contributed by atoms with Crippen molar-refractivity contribution in [3.8, 4) is 5.75 Å². The highest BCUT2D eigenvalue weighted by atomic mass is 79.9. The Morgan fingerprint density at radius 2 is 1.86 bits per heavy atom. The molecule has 2 atom stereocenters. The summed E-state index contributed by atoms with van der Waals surface area (Å²) in [6.45, 7) is 4.18. The number of hydrogen-bond acceptors (Lipinski definition) is 2. The summed E-state index contributed by atoms with van der Waals surface area (Å²) in [6.07, 6.45) is 1.80. The third-order valence-corrected chi connectivity index (χ3v) is 4.09. The molecule has 0 aliphatic carbocycles. The Bertz CT molecular complexity index is 571. The summed E-state index contributed by atoms with van der Waals surface area (Å²) in [5, 5.41) is 0. The topological polar surface area (TPSA) is 35.2 Å². The van der Waals surface area contributed by atoms with E-state index in [0.717, 1.165) is 28.6 Å². The van der Waals surface area contributed by atoms with Crippen LogP contribution in [-0.2, 0) is 6.42 Å². The second-order valence-electron chi connectivity index (χ2n) is 5.30. The van der Waals surface area contributed by atoms with Gasteiger partial charge in [0.1, 0.15) is 11.9 Å². The number of ether oxygens (including phenoxy) is 1. The highest BCUT2D eigenvalue weighted by molar-refractivity contribution is 9.10. The first kappa shape index (κ1) is 16.1. The van der Waals surface area contributed by atoms with Gasteiger partial charge >= 0.3 is 0 Å². The van der Waals surface area contributed by atoms with E-state index >= 15 is 0 Å². The third kappa shape index (κ3) is 4.58. The van der Waals surface area contributed by atoms with Crippen LogP contribution in [0.15, 0.2) is 53.0 Å². The Labute approximate surface area is 135 Å². The fourth-order valence-corrected chi connectivity index (χ4v) is 2.64. The number of halogens is 1. The van der Waals surface area contributed by atoms with E-state index in [9.17, 15) is 0 Å². The molecule has 0 radical (unpaired) electrons. The Morgan fingerprint density at radius 3 is 2.52 bits per heavy atom. The van der Waals surface area contributed by atoms with Gasteiger partial charge in [0.2, 0.25) is 0 Å². The van der Waals surface area contributed by atoms with Gasteiger partial charge in [0.05, 0.1) is 0 Å². The molecule has 3 heteroatoms. The first-order valence-electron chi connectivity index (χ1n) is 7.35. The molecule has 0 amide bonds. The average Bonchev–Trinajstić information content (AvgIpc) is 2.50. The van der Waals surface area contributed by atoms with Gasteiger partial charge in [-0.25, -0.2) is 0 Å². The van der Waals surface area contributed by atoms with Crippen molar-refractivity contribution in [1.29, 1.82) is 0 Å². The Morgan fingerprint density at radius 1 is 1.14 bits per heavy atom. The molecule has 0 aliphatic rings. The molecule has 0 spiro atoms. The zero-order chi connectivity index (χ0) is 15.2. The van der Waals surface area contributed by atoms with Gasteiger partial charge < -0.3 is 10.5 Å². The van der Waals surface area contributed by atoms with Crippen molar-refractivity contribution >= 4 is 15.9 Å². The number of benzene rings is 2. The van der Waals surface area contributed by atoms with Crippen LogP contribution in [0.25, 0.3) is 0 Å². The minimum Gasteiger partial charge on any atom is -0.486 e. The van der Waals surface area contributed by atoms with E-state index in [1.807, 2.05) is 30.3 Å². The molecule has 21 heavy (non-hydrogen) atoms. The van der Waals surface area contributed by atoms with Gasteiger partial charge in [0.25, 0.3) is 0 Å². The molecule has 2 rings (SSSR count). The van der Waals surface area contributed by atoms with Crippen molar-refractivity contribution in [2.45, 2.75) is 38.8 Å². The van der Waals surface area contributed by atoms with Crippen LogP contribution >= 0.6 is 15.9 Å². The molecule has 2 aromatic carbocycles. The van der Waals surface area contributed by atoms with Gasteiger partial charge in [-0.3, -0.25) is 0 Å². The summed E-state index contributed by atoms with van der Waals surface area (Å²) in [6, 6.07) is 16.5.